The van der Waals surface area contributed by atoms with Crippen molar-refractivity contribution in [3.8, 4) is 6.07 Å². The molecule has 1 atom stereocenters. The maximum atomic E-state index is 8.41. The van der Waals surface area contributed by atoms with E-state index in [-0.39, 0.29) is 6.04 Å². The van der Waals surface area contributed by atoms with E-state index in [1.807, 2.05) is 13.8 Å². The van der Waals surface area contributed by atoms with Crippen molar-refractivity contribution in [3.63, 3.8) is 0 Å². The summed E-state index contributed by atoms with van der Waals surface area (Å²) >= 11 is 0. The van der Waals surface area contributed by atoms with Gasteiger partial charge in [0.1, 0.15) is 5.76 Å². The first kappa shape index (κ1) is 12.7. The molecule has 4 heteroatoms. The number of aryl methyl sites for hydroxylation is 2. The first-order valence-corrected chi connectivity index (χ1v) is 5.70. The number of nitrogens with zero attached hydrogens (tertiary/aromatic N) is 2. The Morgan fingerprint density at radius 3 is 2.75 bits per heavy atom. The molecule has 1 N–H and O–H groups in total. The summed E-state index contributed by atoms with van der Waals surface area (Å²) in [7, 11) is 0. The third-order valence-corrected chi connectivity index (χ3v) is 2.69. The Labute approximate surface area is 96.6 Å². The molecule has 1 aromatic rings. The predicted octanol–water partition coefficient (Wildman–Crippen LogP) is 2.64. The van der Waals surface area contributed by atoms with Gasteiger partial charge in [-0.1, -0.05) is 5.16 Å². The van der Waals surface area contributed by atoms with Crippen molar-refractivity contribution < 1.29 is 4.52 Å². The Kier molecular flexibility index (Phi) is 5.00. The molecular formula is C12H19N3O. The molecule has 4 nitrogen and oxygen atoms in total. The topological polar surface area (TPSA) is 61.9 Å². The quantitative estimate of drug-likeness (QED) is 0.750. The largest absolute Gasteiger partial charge is 0.361 e. The molecule has 88 valence electrons. The minimum Gasteiger partial charge on any atom is -0.361 e. The lowest BCUT2D eigenvalue weighted by molar-refractivity contribution is 0.390. The van der Waals surface area contributed by atoms with Crippen molar-refractivity contribution in [2.45, 2.75) is 46.1 Å². The number of hydrogen-bond acceptors (Lipinski definition) is 4. The molecule has 0 spiro atoms. The van der Waals surface area contributed by atoms with Crippen LogP contribution in [0.5, 0.6) is 0 Å². The van der Waals surface area contributed by atoms with E-state index in [9.17, 15) is 0 Å². The van der Waals surface area contributed by atoms with Crippen LogP contribution in [0.25, 0.3) is 0 Å². The molecule has 1 rings (SSSR count). The second-order valence-electron chi connectivity index (χ2n) is 4.03. The SMILES string of the molecule is Cc1noc(C)c1C(C)NCCCCC#N. The second kappa shape index (κ2) is 6.29. The van der Waals surface area contributed by atoms with Crippen LogP contribution in [0, 0.1) is 25.2 Å². The molecular weight excluding hydrogens is 202 g/mol. The highest BCUT2D eigenvalue weighted by molar-refractivity contribution is 5.24. The van der Waals surface area contributed by atoms with Crippen LogP contribution in [0.3, 0.4) is 0 Å². The number of nitriles is 1. The summed E-state index contributed by atoms with van der Waals surface area (Å²) < 4.78 is 5.13. The van der Waals surface area contributed by atoms with Gasteiger partial charge in [-0.05, 0) is 40.2 Å². The maximum absolute atomic E-state index is 8.41. The second-order valence-corrected chi connectivity index (χ2v) is 4.03. The Morgan fingerprint density at radius 1 is 1.44 bits per heavy atom. The van der Waals surface area contributed by atoms with Crippen LogP contribution in [0.1, 0.15) is 49.2 Å². The Hall–Kier alpha value is -1.34. The average molecular weight is 221 g/mol. The fourth-order valence-corrected chi connectivity index (χ4v) is 1.86. The van der Waals surface area contributed by atoms with Gasteiger partial charge in [0.25, 0.3) is 0 Å². The van der Waals surface area contributed by atoms with E-state index in [4.69, 9.17) is 9.78 Å². The van der Waals surface area contributed by atoms with Gasteiger partial charge in [0, 0.05) is 18.0 Å². The normalized spacial score (nSPS) is 12.4. The number of rotatable bonds is 6. The summed E-state index contributed by atoms with van der Waals surface area (Å²) in [6.45, 7) is 6.92. The van der Waals surface area contributed by atoms with E-state index in [0.717, 1.165) is 36.4 Å². The summed E-state index contributed by atoms with van der Waals surface area (Å²) in [6, 6.07) is 2.41. The molecule has 1 unspecified atom stereocenters. The minimum absolute atomic E-state index is 0.258. The number of nitrogens with one attached hydrogen (secondary N) is 1. The Bertz CT molecular complexity index is 345. The molecule has 1 heterocycles. The van der Waals surface area contributed by atoms with Crippen LogP contribution in [0.15, 0.2) is 4.52 Å². The smallest absolute Gasteiger partial charge is 0.138 e. The van der Waals surface area contributed by atoms with E-state index >= 15 is 0 Å². The summed E-state index contributed by atoms with van der Waals surface area (Å²) in [5.74, 6) is 0.884. The van der Waals surface area contributed by atoms with Gasteiger partial charge in [-0.15, -0.1) is 0 Å². The monoisotopic (exact) mass is 221 g/mol. The van der Waals surface area contributed by atoms with Crippen LogP contribution < -0.4 is 5.32 Å². The molecule has 0 saturated heterocycles. The fraction of sp³-hybridized carbons (Fsp3) is 0.667. The first-order chi connectivity index (χ1) is 7.66. The lowest BCUT2D eigenvalue weighted by Gasteiger charge is -2.13. The molecule has 0 amide bonds. The third kappa shape index (κ3) is 3.35. The molecule has 0 aliphatic carbocycles. The van der Waals surface area contributed by atoms with Crippen molar-refractivity contribution in [2.75, 3.05) is 6.54 Å². The van der Waals surface area contributed by atoms with Gasteiger partial charge < -0.3 is 9.84 Å². The van der Waals surface area contributed by atoms with Crippen molar-refractivity contribution in [3.05, 3.63) is 17.0 Å². The molecule has 0 radical (unpaired) electrons. The third-order valence-electron chi connectivity index (χ3n) is 2.69. The van der Waals surface area contributed by atoms with Gasteiger partial charge in [0.15, 0.2) is 0 Å². The predicted molar refractivity (Wildman–Crippen MR) is 61.9 cm³/mol. The summed E-state index contributed by atoms with van der Waals surface area (Å²) in [5.41, 5.74) is 2.11. The van der Waals surface area contributed by atoms with Crippen molar-refractivity contribution in [1.29, 1.82) is 5.26 Å². The molecule has 0 aliphatic heterocycles. The number of aromatic nitrogens is 1. The van der Waals surface area contributed by atoms with Gasteiger partial charge in [-0.2, -0.15) is 5.26 Å². The molecule has 1 aromatic heterocycles. The Morgan fingerprint density at radius 2 is 2.19 bits per heavy atom. The van der Waals surface area contributed by atoms with Gasteiger partial charge in [-0.3, -0.25) is 0 Å². The summed E-state index contributed by atoms with van der Waals surface area (Å²) in [5, 5.41) is 15.8. The van der Waals surface area contributed by atoms with Crippen LogP contribution in [0.4, 0.5) is 0 Å². The maximum Gasteiger partial charge on any atom is 0.138 e. The molecule has 0 bridgehead atoms. The molecule has 0 saturated carbocycles. The van der Waals surface area contributed by atoms with Crippen LogP contribution in [-0.4, -0.2) is 11.7 Å². The van der Waals surface area contributed by atoms with Crippen molar-refractivity contribution in [2.24, 2.45) is 0 Å². The molecule has 0 aliphatic rings. The highest BCUT2D eigenvalue weighted by Crippen LogP contribution is 2.20. The summed E-state index contributed by atoms with van der Waals surface area (Å²) in [6.07, 6.45) is 2.63. The zero-order valence-electron chi connectivity index (χ0n) is 10.2. The van der Waals surface area contributed by atoms with Gasteiger partial charge >= 0.3 is 0 Å². The average Bonchev–Trinajstić information content (AvgIpc) is 2.58. The Balaban J connectivity index is 2.36. The fourth-order valence-electron chi connectivity index (χ4n) is 1.86. The van der Waals surface area contributed by atoms with Crippen molar-refractivity contribution >= 4 is 0 Å². The van der Waals surface area contributed by atoms with E-state index < -0.39 is 0 Å². The minimum atomic E-state index is 0.258. The van der Waals surface area contributed by atoms with E-state index in [1.165, 1.54) is 0 Å². The van der Waals surface area contributed by atoms with Crippen LogP contribution in [0.2, 0.25) is 0 Å². The zero-order valence-corrected chi connectivity index (χ0v) is 10.2. The standard InChI is InChI=1S/C12H19N3O/c1-9(14-8-6-4-5-7-13)12-10(2)15-16-11(12)3/h9,14H,4-6,8H2,1-3H3. The lowest BCUT2D eigenvalue weighted by Crippen LogP contribution is -2.20. The van der Waals surface area contributed by atoms with E-state index in [0.29, 0.717) is 6.42 Å². The van der Waals surface area contributed by atoms with Gasteiger partial charge in [-0.25, -0.2) is 0 Å². The number of hydrogen-bond donors (Lipinski definition) is 1. The van der Waals surface area contributed by atoms with E-state index in [2.05, 4.69) is 23.5 Å². The van der Waals surface area contributed by atoms with Crippen molar-refractivity contribution in [1.82, 2.24) is 10.5 Å². The van der Waals surface area contributed by atoms with Gasteiger partial charge in [0.2, 0.25) is 0 Å². The zero-order chi connectivity index (χ0) is 12.0. The highest BCUT2D eigenvalue weighted by atomic mass is 16.5. The number of unbranched alkanes of at least 4 members (excludes halogenated alkanes) is 2. The van der Waals surface area contributed by atoms with Crippen LogP contribution in [-0.2, 0) is 0 Å². The summed E-state index contributed by atoms with van der Waals surface area (Å²) in [4.78, 5) is 0. The molecule has 16 heavy (non-hydrogen) atoms. The van der Waals surface area contributed by atoms with Crippen LogP contribution >= 0.6 is 0 Å². The highest BCUT2D eigenvalue weighted by Gasteiger charge is 2.15. The van der Waals surface area contributed by atoms with Gasteiger partial charge in [0.05, 0.1) is 11.8 Å². The molecule has 0 aromatic carbocycles. The molecule has 0 fully saturated rings. The lowest BCUT2D eigenvalue weighted by atomic mass is 10.1. The first-order valence-electron chi connectivity index (χ1n) is 5.70. The van der Waals surface area contributed by atoms with E-state index in [1.54, 1.807) is 0 Å².